The molecule has 3 heterocycles. The van der Waals surface area contributed by atoms with Crippen LogP contribution in [0.5, 0.6) is 0 Å². The summed E-state index contributed by atoms with van der Waals surface area (Å²) in [5.41, 5.74) is 1.31. The molecule has 8 heteroatoms. The van der Waals surface area contributed by atoms with Crippen LogP contribution in [0.4, 0.5) is 10.5 Å². The standard InChI is InChI=1S/C20H27ClN4O3/c1-13(2)16-17(21)22-15-7-6-14(12-25(15)18(16)26)23-8-10-24(11-9-23)19(27)28-20(3,4)5/h6-7,12-13H,8-11H2,1-5H3. The van der Waals surface area contributed by atoms with Gasteiger partial charge < -0.3 is 14.5 Å². The van der Waals surface area contributed by atoms with E-state index in [0.717, 1.165) is 5.69 Å². The Labute approximate surface area is 169 Å². The summed E-state index contributed by atoms with van der Waals surface area (Å²) in [7, 11) is 0. The molecule has 0 radical (unpaired) electrons. The molecule has 1 amide bonds. The zero-order valence-corrected chi connectivity index (χ0v) is 17.8. The molecule has 3 rings (SSSR count). The van der Waals surface area contributed by atoms with E-state index in [9.17, 15) is 9.59 Å². The van der Waals surface area contributed by atoms with Gasteiger partial charge in [-0.2, -0.15) is 0 Å². The first-order valence-corrected chi connectivity index (χ1v) is 9.89. The van der Waals surface area contributed by atoms with Crippen molar-refractivity contribution in [2.24, 2.45) is 0 Å². The highest BCUT2D eigenvalue weighted by molar-refractivity contribution is 6.30. The lowest BCUT2D eigenvalue weighted by Crippen LogP contribution is -2.50. The lowest BCUT2D eigenvalue weighted by atomic mass is 10.1. The third-order valence-corrected chi connectivity index (χ3v) is 4.96. The third-order valence-electron chi connectivity index (χ3n) is 4.67. The van der Waals surface area contributed by atoms with Crippen molar-refractivity contribution in [1.82, 2.24) is 14.3 Å². The summed E-state index contributed by atoms with van der Waals surface area (Å²) in [4.78, 5) is 33.3. The molecule has 1 aliphatic rings. The average molecular weight is 407 g/mol. The van der Waals surface area contributed by atoms with Crippen LogP contribution in [0.1, 0.15) is 46.1 Å². The number of fused-ring (bicyclic) bond motifs is 1. The molecule has 0 atom stereocenters. The Balaban J connectivity index is 1.80. The summed E-state index contributed by atoms with van der Waals surface area (Å²) in [6.07, 6.45) is 1.51. The van der Waals surface area contributed by atoms with Gasteiger partial charge in [0.2, 0.25) is 0 Å². The van der Waals surface area contributed by atoms with Crippen molar-refractivity contribution in [1.29, 1.82) is 0 Å². The fourth-order valence-electron chi connectivity index (χ4n) is 3.26. The van der Waals surface area contributed by atoms with Crippen LogP contribution < -0.4 is 10.5 Å². The number of nitrogens with zero attached hydrogens (tertiary/aromatic N) is 4. The van der Waals surface area contributed by atoms with E-state index in [2.05, 4.69) is 9.88 Å². The van der Waals surface area contributed by atoms with Crippen molar-refractivity contribution in [3.63, 3.8) is 0 Å². The Morgan fingerprint density at radius 1 is 1.18 bits per heavy atom. The molecule has 1 saturated heterocycles. The molecule has 1 aliphatic heterocycles. The average Bonchev–Trinajstić information content (AvgIpc) is 2.60. The topological polar surface area (TPSA) is 67.2 Å². The Morgan fingerprint density at radius 2 is 1.82 bits per heavy atom. The van der Waals surface area contributed by atoms with Gasteiger partial charge in [-0.05, 0) is 38.8 Å². The van der Waals surface area contributed by atoms with Crippen LogP contribution in [0.25, 0.3) is 5.65 Å². The van der Waals surface area contributed by atoms with E-state index in [4.69, 9.17) is 16.3 Å². The number of carbonyl (C=O) groups excluding carboxylic acids is 1. The van der Waals surface area contributed by atoms with Gasteiger partial charge in [0.15, 0.2) is 0 Å². The Kier molecular flexibility index (Phi) is 5.57. The molecule has 0 unspecified atom stereocenters. The molecule has 0 aliphatic carbocycles. The highest BCUT2D eigenvalue weighted by atomic mass is 35.5. The van der Waals surface area contributed by atoms with Gasteiger partial charge >= 0.3 is 6.09 Å². The highest BCUT2D eigenvalue weighted by Crippen LogP contribution is 2.22. The van der Waals surface area contributed by atoms with Crippen LogP contribution in [0, 0.1) is 0 Å². The summed E-state index contributed by atoms with van der Waals surface area (Å²) in [6, 6.07) is 3.73. The fourth-order valence-corrected chi connectivity index (χ4v) is 3.65. The molecule has 0 saturated carbocycles. The second-order valence-corrected chi connectivity index (χ2v) is 8.70. The van der Waals surface area contributed by atoms with E-state index in [1.54, 1.807) is 21.6 Å². The molecule has 0 N–H and O–H groups in total. The third kappa shape index (κ3) is 4.24. The zero-order chi connectivity index (χ0) is 20.6. The summed E-state index contributed by atoms with van der Waals surface area (Å²) in [6.45, 7) is 11.9. The van der Waals surface area contributed by atoms with Gasteiger partial charge in [-0.1, -0.05) is 25.4 Å². The number of amides is 1. The first-order valence-electron chi connectivity index (χ1n) is 9.51. The van der Waals surface area contributed by atoms with E-state index >= 15 is 0 Å². The van der Waals surface area contributed by atoms with Gasteiger partial charge in [-0.15, -0.1) is 0 Å². The van der Waals surface area contributed by atoms with Crippen LogP contribution in [0.15, 0.2) is 23.1 Å². The monoisotopic (exact) mass is 406 g/mol. The molecule has 0 aromatic carbocycles. The number of hydrogen-bond donors (Lipinski definition) is 0. The second-order valence-electron chi connectivity index (χ2n) is 8.35. The first kappa shape index (κ1) is 20.5. The maximum absolute atomic E-state index is 12.9. The van der Waals surface area contributed by atoms with Crippen molar-refractivity contribution in [3.05, 3.63) is 39.4 Å². The van der Waals surface area contributed by atoms with Crippen LogP contribution in [0.3, 0.4) is 0 Å². The number of halogens is 1. The molecule has 0 spiro atoms. The minimum atomic E-state index is -0.504. The number of hydrogen-bond acceptors (Lipinski definition) is 5. The van der Waals surface area contributed by atoms with E-state index in [0.29, 0.717) is 37.4 Å². The van der Waals surface area contributed by atoms with Crippen LogP contribution >= 0.6 is 11.6 Å². The Morgan fingerprint density at radius 3 is 2.39 bits per heavy atom. The van der Waals surface area contributed by atoms with Crippen LogP contribution in [0.2, 0.25) is 5.15 Å². The molecule has 1 fully saturated rings. The predicted octanol–water partition coefficient (Wildman–Crippen LogP) is 3.53. The Hall–Kier alpha value is -2.28. The van der Waals surface area contributed by atoms with E-state index in [1.165, 1.54) is 0 Å². The number of piperazine rings is 1. The summed E-state index contributed by atoms with van der Waals surface area (Å²) in [5.74, 6) is -0.00886. The van der Waals surface area contributed by atoms with Gasteiger partial charge in [-0.25, -0.2) is 9.78 Å². The smallest absolute Gasteiger partial charge is 0.410 e. The Bertz CT molecular complexity index is 941. The SMILES string of the molecule is CC(C)c1c(Cl)nc2ccc(N3CCN(C(=O)OC(C)(C)C)CC3)cn2c1=O. The highest BCUT2D eigenvalue weighted by Gasteiger charge is 2.26. The molecule has 0 bridgehead atoms. The van der Waals surface area contributed by atoms with Gasteiger partial charge in [0.25, 0.3) is 5.56 Å². The zero-order valence-electron chi connectivity index (χ0n) is 17.0. The molecular formula is C20H27ClN4O3. The van der Waals surface area contributed by atoms with E-state index in [1.807, 2.05) is 40.7 Å². The minimum Gasteiger partial charge on any atom is -0.444 e. The maximum atomic E-state index is 12.9. The first-order chi connectivity index (χ1) is 13.1. The van der Waals surface area contributed by atoms with Crippen LogP contribution in [-0.2, 0) is 4.74 Å². The normalized spacial score (nSPS) is 15.4. The molecule has 152 valence electrons. The lowest BCUT2D eigenvalue weighted by Gasteiger charge is -2.36. The second kappa shape index (κ2) is 7.62. The number of pyridine rings is 1. The number of aromatic nitrogens is 2. The van der Waals surface area contributed by atoms with Crippen molar-refractivity contribution < 1.29 is 9.53 Å². The minimum absolute atomic E-state index is 0.00886. The largest absolute Gasteiger partial charge is 0.444 e. The van der Waals surface area contributed by atoms with Crippen molar-refractivity contribution in [2.45, 2.75) is 46.1 Å². The fraction of sp³-hybridized carbons (Fsp3) is 0.550. The number of anilines is 1. The van der Waals surface area contributed by atoms with Gasteiger partial charge in [0.05, 0.1) is 11.3 Å². The van der Waals surface area contributed by atoms with Gasteiger partial charge in [0.1, 0.15) is 16.4 Å². The predicted molar refractivity (Wildman–Crippen MR) is 111 cm³/mol. The summed E-state index contributed by atoms with van der Waals surface area (Å²) in [5, 5.41) is 0.263. The maximum Gasteiger partial charge on any atom is 0.410 e. The van der Waals surface area contributed by atoms with E-state index in [-0.39, 0.29) is 22.7 Å². The number of carbonyl (C=O) groups is 1. The lowest BCUT2D eigenvalue weighted by molar-refractivity contribution is 0.0240. The molecule has 2 aromatic heterocycles. The quantitative estimate of drug-likeness (QED) is 0.714. The molecule has 2 aromatic rings. The summed E-state index contributed by atoms with van der Waals surface area (Å²) >= 11 is 6.20. The molecule has 7 nitrogen and oxygen atoms in total. The van der Waals surface area contributed by atoms with Gasteiger partial charge in [-0.3, -0.25) is 9.20 Å². The van der Waals surface area contributed by atoms with Crippen LogP contribution in [-0.4, -0.2) is 52.2 Å². The van der Waals surface area contributed by atoms with Crippen molar-refractivity contribution in [3.8, 4) is 0 Å². The number of rotatable bonds is 2. The van der Waals surface area contributed by atoms with E-state index < -0.39 is 5.60 Å². The van der Waals surface area contributed by atoms with Crippen molar-refractivity contribution in [2.75, 3.05) is 31.1 Å². The van der Waals surface area contributed by atoms with Crippen molar-refractivity contribution >= 4 is 29.0 Å². The van der Waals surface area contributed by atoms with Gasteiger partial charge in [0, 0.05) is 32.4 Å². The number of ether oxygens (including phenoxy) is 1. The molecular weight excluding hydrogens is 380 g/mol. The molecule has 28 heavy (non-hydrogen) atoms. The summed E-state index contributed by atoms with van der Waals surface area (Å²) < 4.78 is 6.99.